The summed E-state index contributed by atoms with van der Waals surface area (Å²) >= 11 is 24.2. The predicted octanol–water partition coefficient (Wildman–Crippen LogP) is 5.47. The van der Waals surface area contributed by atoms with Crippen molar-refractivity contribution >= 4 is 86.7 Å². The van der Waals surface area contributed by atoms with Gasteiger partial charge >= 0.3 is 0 Å². The number of carbonyl (C=O) groups is 2. The van der Waals surface area contributed by atoms with E-state index in [-0.39, 0.29) is 34.8 Å². The average Bonchev–Trinajstić information content (AvgIpc) is 3.20. The molecular formula is C17H11Cl3N2O3S2. The first-order chi connectivity index (χ1) is 12.8. The molecule has 1 fully saturated rings. The maximum absolute atomic E-state index is 12.5. The van der Waals surface area contributed by atoms with E-state index >= 15 is 0 Å². The van der Waals surface area contributed by atoms with Crippen molar-refractivity contribution in [1.82, 2.24) is 4.90 Å². The first-order valence-electron chi connectivity index (χ1n) is 7.58. The van der Waals surface area contributed by atoms with Crippen LogP contribution in [0.5, 0.6) is 0 Å². The van der Waals surface area contributed by atoms with Gasteiger partial charge in [-0.2, -0.15) is 0 Å². The van der Waals surface area contributed by atoms with Crippen molar-refractivity contribution in [3.8, 4) is 0 Å². The van der Waals surface area contributed by atoms with Crippen molar-refractivity contribution < 1.29 is 14.0 Å². The number of rotatable bonds is 5. The number of thiocarbonyl (C=S) groups is 1. The van der Waals surface area contributed by atoms with Gasteiger partial charge in [0.25, 0.3) is 5.91 Å². The van der Waals surface area contributed by atoms with Crippen molar-refractivity contribution in [1.29, 1.82) is 0 Å². The van der Waals surface area contributed by atoms with Gasteiger partial charge in [-0.1, -0.05) is 58.8 Å². The molecule has 0 radical (unpaired) electrons. The number of carbonyl (C=O) groups excluding carboxylic acids is 2. The maximum atomic E-state index is 12.5. The Bertz CT molecular complexity index is 945. The largest absolute Gasteiger partial charge is 0.465 e. The number of anilines is 1. The van der Waals surface area contributed by atoms with E-state index in [1.54, 1.807) is 18.2 Å². The Morgan fingerprint density at radius 2 is 2.00 bits per heavy atom. The highest BCUT2D eigenvalue weighted by molar-refractivity contribution is 8.26. The minimum Gasteiger partial charge on any atom is -0.465 e. The van der Waals surface area contributed by atoms with Crippen LogP contribution in [-0.2, 0) is 9.59 Å². The molecule has 1 saturated heterocycles. The monoisotopic (exact) mass is 460 g/mol. The van der Waals surface area contributed by atoms with Crippen molar-refractivity contribution in [2.45, 2.75) is 6.42 Å². The summed E-state index contributed by atoms with van der Waals surface area (Å²) in [5, 5.41) is 3.48. The molecule has 5 nitrogen and oxygen atoms in total. The summed E-state index contributed by atoms with van der Waals surface area (Å²) in [7, 11) is 0. The third-order valence-corrected chi connectivity index (χ3v) is 5.95. The lowest BCUT2D eigenvalue weighted by Crippen LogP contribution is -2.31. The fourth-order valence-electron chi connectivity index (χ4n) is 2.24. The second kappa shape index (κ2) is 8.67. The minimum absolute atomic E-state index is 0.0387. The molecule has 2 amide bonds. The van der Waals surface area contributed by atoms with Crippen LogP contribution in [0, 0.1) is 0 Å². The fraction of sp³-hybridized carbons (Fsp3) is 0.118. The second-order valence-corrected chi connectivity index (χ2v) is 8.29. The Balaban J connectivity index is 1.61. The number of nitrogens with one attached hydrogen (secondary N) is 1. The quantitative estimate of drug-likeness (QED) is 0.363. The molecule has 0 unspecified atom stereocenters. The van der Waals surface area contributed by atoms with Crippen LogP contribution in [0.1, 0.15) is 12.2 Å². The standard InChI is InChI=1S/C17H11Cl3N2O3S2/c18-10-7-12(20)13(8-11(10)19)21-15(23)3-4-22-16(24)14(27-17(22)26)6-9-2-1-5-25-9/h1-2,5-8H,3-4H2,(H,21,23). The van der Waals surface area contributed by atoms with E-state index in [4.69, 9.17) is 51.4 Å². The van der Waals surface area contributed by atoms with E-state index in [0.29, 0.717) is 25.7 Å². The van der Waals surface area contributed by atoms with Gasteiger partial charge in [-0.15, -0.1) is 0 Å². The van der Waals surface area contributed by atoms with Crippen LogP contribution < -0.4 is 5.32 Å². The molecule has 10 heteroatoms. The predicted molar refractivity (Wildman–Crippen MR) is 113 cm³/mol. The van der Waals surface area contributed by atoms with Crippen LogP contribution in [0.3, 0.4) is 0 Å². The maximum Gasteiger partial charge on any atom is 0.266 e. The Labute approximate surface area is 179 Å². The molecule has 2 aromatic rings. The Hall–Kier alpha value is -1.51. The number of thioether (sulfide) groups is 1. The fourth-order valence-corrected chi connectivity index (χ4v) is 4.12. The van der Waals surface area contributed by atoms with Gasteiger partial charge in [0.2, 0.25) is 5.91 Å². The first-order valence-corrected chi connectivity index (χ1v) is 9.94. The normalized spacial score (nSPS) is 15.7. The minimum atomic E-state index is -0.334. The summed E-state index contributed by atoms with van der Waals surface area (Å²) < 4.78 is 5.59. The van der Waals surface area contributed by atoms with Gasteiger partial charge in [0.1, 0.15) is 10.1 Å². The van der Waals surface area contributed by atoms with E-state index in [2.05, 4.69) is 5.32 Å². The zero-order valence-electron chi connectivity index (χ0n) is 13.5. The molecule has 2 heterocycles. The van der Waals surface area contributed by atoms with Crippen LogP contribution in [0.2, 0.25) is 15.1 Å². The molecule has 0 bridgehead atoms. The number of halogens is 3. The molecule has 0 spiro atoms. The molecule has 0 aliphatic carbocycles. The van der Waals surface area contributed by atoms with Crippen molar-refractivity contribution in [2.75, 3.05) is 11.9 Å². The number of benzene rings is 1. The van der Waals surface area contributed by atoms with Gasteiger partial charge in [0.05, 0.1) is 31.9 Å². The van der Waals surface area contributed by atoms with Gasteiger partial charge in [-0.25, -0.2) is 0 Å². The second-order valence-electron chi connectivity index (χ2n) is 5.39. The Morgan fingerprint density at radius 3 is 2.70 bits per heavy atom. The highest BCUT2D eigenvalue weighted by Crippen LogP contribution is 2.34. The van der Waals surface area contributed by atoms with E-state index in [1.165, 1.54) is 35.1 Å². The van der Waals surface area contributed by atoms with E-state index < -0.39 is 0 Å². The van der Waals surface area contributed by atoms with Crippen molar-refractivity contribution in [2.24, 2.45) is 0 Å². The van der Waals surface area contributed by atoms with Crippen molar-refractivity contribution in [3.63, 3.8) is 0 Å². The molecule has 0 saturated carbocycles. The Morgan fingerprint density at radius 1 is 1.26 bits per heavy atom. The molecular weight excluding hydrogens is 451 g/mol. The van der Waals surface area contributed by atoms with Gasteiger partial charge in [0.15, 0.2) is 0 Å². The van der Waals surface area contributed by atoms with Gasteiger partial charge in [0, 0.05) is 19.0 Å². The van der Waals surface area contributed by atoms with Gasteiger partial charge in [-0.3, -0.25) is 14.5 Å². The van der Waals surface area contributed by atoms with E-state index in [1.807, 2.05) is 0 Å². The lowest BCUT2D eigenvalue weighted by molar-refractivity contribution is -0.122. The number of hydrogen-bond acceptors (Lipinski definition) is 5. The summed E-state index contributed by atoms with van der Waals surface area (Å²) in [5.41, 5.74) is 0.346. The molecule has 140 valence electrons. The van der Waals surface area contributed by atoms with Crippen LogP contribution in [0.25, 0.3) is 6.08 Å². The third-order valence-electron chi connectivity index (χ3n) is 3.54. The highest BCUT2D eigenvalue weighted by atomic mass is 35.5. The molecule has 1 aromatic heterocycles. The number of hydrogen-bond donors (Lipinski definition) is 1. The summed E-state index contributed by atoms with van der Waals surface area (Å²) in [5.74, 6) is -0.0383. The lowest BCUT2D eigenvalue weighted by Gasteiger charge is -2.14. The summed E-state index contributed by atoms with van der Waals surface area (Å²) in [6.45, 7) is 0.144. The first kappa shape index (κ1) is 20.2. The molecule has 1 aromatic carbocycles. The SMILES string of the molecule is O=C(CCN1C(=O)C(=Cc2ccco2)SC1=S)Nc1cc(Cl)c(Cl)cc1Cl. The van der Waals surface area contributed by atoms with Gasteiger partial charge in [-0.05, 0) is 24.3 Å². The van der Waals surface area contributed by atoms with Crippen molar-refractivity contribution in [3.05, 3.63) is 56.3 Å². The zero-order valence-corrected chi connectivity index (χ0v) is 17.4. The number of furan rings is 1. The number of amides is 2. The topological polar surface area (TPSA) is 62.6 Å². The number of nitrogens with zero attached hydrogens (tertiary/aromatic N) is 1. The van der Waals surface area contributed by atoms with Gasteiger partial charge < -0.3 is 9.73 Å². The summed E-state index contributed by atoms with van der Waals surface area (Å²) in [4.78, 5) is 26.5. The summed E-state index contributed by atoms with van der Waals surface area (Å²) in [6, 6.07) is 6.38. The smallest absolute Gasteiger partial charge is 0.266 e. The van der Waals surface area contributed by atoms with E-state index in [0.717, 1.165) is 0 Å². The highest BCUT2D eigenvalue weighted by Gasteiger charge is 2.32. The zero-order chi connectivity index (χ0) is 19.6. The molecule has 27 heavy (non-hydrogen) atoms. The molecule has 1 N–H and O–H groups in total. The molecule has 3 rings (SSSR count). The van der Waals surface area contributed by atoms with E-state index in [9.17, 15) is 9.59 Å². The van der Waals surface area contributed by atoms with Crippen LogP contribution in [-0.4, -0.2) is 27.6 Å². The molecule has 0 atom stereocenters. The lowest BCUT2D eigenvalue weighted by atomic mass is 10.3. The average molecular weight is 462 g/mol. The molecule has 1 aliphatic rings. The third kappa shape index (κ3) is 4.86. The van der Waals surface area contributed by atoms with Crippen LogP contribution in [0.4, 0.5) is 5.69 Å². The van der Waals surface area contributed by atoms with Crippen LogP contribution >= 0.6 is 58.8 Å². The summed E-state index contributed by atoms with van der Waals surface area (Å²) in [6.07, 6.45) is 3.18. The van der Waals surface area contributed by atoms with Crippen LogP contribution in [0.15, 0.2) is 39.9 Å². The Kier molecular flexibility index (Phi) is 6.49. The molecule has 1 aliphatic heterocycles.